The van der Waals surface area contributed by atoms with Gasteiger partial charge in [-0.3, -0.25) is 19.7 Å². The normalized spacial score (nSPS) is 14.8. The molecule has 0 radical (unpaired) electrons. The van der Waals surface area contributed by atoms with Gasteiger partial charge in [-0.05, 0) is 76.0 Å². The van der Waals surface area contributed by atoms with Gasteiger partial charge in [0.1, 0.15) is 0 Å². The predicted molar refractivity (Wildman–Crippen MR) is 153 cm³/mol. The summed E-state index contributed by atoms with van der Waals surface area (Å²) in [5.74, 6) is 1.27. The zero-order valence-corrected chi connectivity index (χ0v) is 23.8. The maximum Gasteiger partial charge on any atom is 0.257 e. The van der Waals surface area contributed by atoms with Gasteiger partial charge in [0.2, 0.25) is 12.3 Å². The molecule has 40 heavy (non-hydrogen) atoms. The first-order valence-electron chi connectivity index (χ1n) is 13.1. The van der Waals surface area contributed by atoms with Crippen LogP contribution in [0.2, 0.25) is 0 Å². The Hall–Kier alpha value is -3.78. The Morgan fingerprint density at radius 2 is 1.85 bits per heavy atom. The molecule has 218 valence electrons. The van der Waals surface area contributed by atoms with Gasteiger partial charge >= 0.3 is 0 Å². The molecular formula is C30H41FN4O5. The first kappa shape index (κ1) is 34.2. The summed E-state index contributed by atoms with van der Waals surface area (Å²) >= 11 is 0. The number of imide groups is 1. The van der Waals surface area contributed by atoms with Crippen molar-refractivity contribution < 1.29 is 28.6 Å². The van der Waals surface area contributed by atoms with Gasteiger partial charge in [-0.1, -0.05) is 30.3 Å². The van der Waals surface area contributed by atoms with Crippen LogP contribution in [0.5, 0.6) is 5.75 Å². The predicted octanol–water partition coefficient (Wildman–Crippen LogP) is 2.14. The highest BCUT2D eigenvalue weighted by Crippen LogP contribution is 2.30. The van der Waals surface area contributed by atoms with Crippen LogP contribution in [0.1, 0.15) is 53.7 Å². The van der Waals surface area contributed by atoms with Crippen molar-refractivity contribution >= 4 is 18.2 Å². The number of hydrogen-bond donors (Lipinski definition) is 4. The van der Waals surface area contributed by atoms with Crippen molar-refractivity contribution in [2.45, 2.75) is 45.1 Å². The molecule has 2 aliphatic heterocycles. The van der Waals surface area contributed by atoms with E-state index in [-0.39, 0.29) is 29.5 Å². The van der Waals surface area contributed by atoms with E-state index < -0.39 is 11.4 Å². The van der Waals surface area contributed by atoms with E-state index in [2.05, 4.69) is 28.7 Å². The van der Waals surface area contributed by atoms with Crippen molar-refractivity contribution in [1.82, 2.24) is 15.5 Å². The molecule has 0 bridgehead atoms. The number of nitrogens with zero attached hydrogens (tertiary/aromatic N) is 1. The van der Waals surface area contributed by atoms with Crippen LogP contribution in [0.25, 0.3) is 0 Å². The zero-order valence-electron chi connectivity index (χ0n) is 23.8. The Morgan fingerprint density at radius 3 is 2.38 bits per heavy atom. The number of likely N-dealkylation sites (N-methyl/N-ethyl adjacent to an activating group) is 1. The number of fused-ring (bicyclic) bond motifs is 1. The van der Waals surface area contributed by atoms with Crippen molar-refractivity contribution in [3.8, 4) is 18.1 Å². The van der Waals surface area contributed by atoms with E-state index >= 15 is 0 Å². The smallest absolute Gasteiger partial charge is 0.257 e. The SMILES string of the molecule is C#CC.CCN1CCc2ccc(OC)c(F)c2C1=O.CN.O=CNC(=O)Cc1ccc(C2(O)CCNCC2)cc1. The van der Waals surface area contributed by atoms with Gasteiger partial charge in [0, 0.05) is 13.1 Å². The monoisotopic (exact) mass is 556 g/mol. The van der Waals surface area contributed by atoms with Crippen LogP contribution in [0, 0.1) is 18.2 Å². The lowest BCUT2D eigenvalue weighted by Gasteiger charge is -2.33. The molecule has 2 aliphatic rings. The number of nitrogens with two attached hydrogens (primary N) is 1. The molecular weight excluding hydrogens is 515 g/mol. The second kappa shape index (κ2) is 17.7. The highest BCUT2D eigenvalue weighted by Gasteiger charge is 2.31. The third-order valence-electron chi connectivity index (χ3n) is 6.45. The second-order valence-electron chi connectivity index (χ2n) is 8.88. The van der Waals surface area contributed by atoms with Crippen molar-refractivity contribution in [1.29, 1.82) is 0 Å². The highest BCUT2D eigenvalue weighted by atomic mass is 19.1. The largest absolute Gasteiger partial charge is 0.494 e. The number of rotatable bonds is 6. The molecule has 2 heterocycles. The Balaban J connectivity index is 0.000000348. The molecule has 0 aliphatic carbocycles. The number of nitrogens with one attached hydrogen (secondary N) is 2. The van der Waals surface area contributed by atoms with Gasteiger partial charge in [0.25, 0.3) is 5.91 Å². The Bertz CT molecular complexity index is 1140. The van der Waals surface area contributed by atoms with E-state index in [0.717, 1.165) is 29.8 Å². The van der Waals surface area contributed by atoms with Gasteiger partial charge in [-0.25, -0.2) is 4.39 Å². The summed E-state index contributed by atoms with van der Waals surface area (Å²) in [7, 11) is 2.90. The first-order chi connectivity index (χ1) is 19.2. The molecule has 0 atom stereocenters. The summed E-state index contributed by atoms with van der Waals surface area (Å²) in [6.07, 6.45) is 7.24. The van der Waals surface area contributed by atoms with Gasteiger partial charge in [0.05, 0.1) is 24.7 Å². The van der Waals surface area contributed by atoms with Crippen LogP contribution < -0.4 is 21.1 Å². The van der Waals surface area contributed by atoms with E-state index in [1.807, 2.05) is 31.2 Å². The number of methoxy groups -OCH3 is 1. The number of carbonyl (C=O) groups is 3. The molecule has 0 saturated carbocycles. The number of piperidine rings is 1. The number of benzene rings is 2. The minimum absolute atomic E-state index is 0.130. The lowest BCUT2D eigenvalue weighted by atomic mass is 9.85. The quantitative estimate of drug-likeness (QED) is 0.316. The van der Waals surface area contributed by atoms with Crippen molar-refractivity contribution in [2.75, 3.05) is 40.3 Å². The van der Waals surface area contributed by atoms with Gasteiger partial charge in [-0.2, -0.15) is 0 Å². The van der Waals surface area contributed by atoms with Crippen molar-refractivity contribution in [2.24, 2.45) is 5.73 Å². The summed E-state index contributed by atoms with van der Waals surface area (Å²) in [6.45, 7) is 6.42. The molecule has 2 aromatic rings. The molecule has 2 aromatic carbocycles. The third kappa shape index (κ3) is 9.45. The lowest BCUT2D eigenvalue weighted by Crippen LogP contribution is -2.39. The van der Waals surface area contributed by atoms with E-state index in [9.17, 15) is 23.9 Å². The second-order valence-corrected chi connectivity index (χ2v) is 8.88. The molecule has 4 rings (SSSR count). The van der Waals surface area contributed by atoms with Gasteiger partial charge in [-0.15, -0.1) is 12.3 Å². The molecule has 0 spiro atoms. The summed E-state index contributed by atoms with van der Waals surface area (Å²) in [4.78, 5) is 35.0. The molecule has 3 amide bonds. The summed E-state index contributed by atoms with van der Waals surface area (Å²) in [6, 6.07) is 10.7. The topological polar surface area (TPSA) is 134 Å². The number of hydrogen-bond acceptors (Lipinski definition) is 7. The van der Waals surface area contributed by atoms with Crippen LogP contribution in [-0.4, -0.2) is 68.6 Å². The summed E-state index contributed by atoms with van der Waals surface area (Å²) in [5, 5.41) is 15.9. The average Bonchev–Trinajstić information content (AvgIpc) is 2.96. The van der Waals surface area contributed by atoms with Crippen LogP contribution >= 0.6 is 0 Å². The van der Waals surface area contributed by atoms with E-state index in [1.165, 1.54) is 14.2 Å². The van der Waals surface area contributed by atoms with Crippen LogP contribution in [-0.2, 0) is 28.0 Å². The lowest BCUT2D eigenvalue weighted by molar-refractivity contribution is -0.124. The molecule has 0 aromatic heterocycles. The Labute approximate surface area is 236 Å². The maximum absolute atomic E-state index is 13.9. The minimum Gasteiger partial charge on any atom is -0.494 e. The number of halogens is 1. The van der Waals surface area contributed by atoms with Gasteiger partial charge < -0.3 is 25.8 Å². The molecule has 1 saturated heterocycles. The van der Waals surface area contributed by atoms with Gasteiger partial charge in [0.15, 0.2) is 11.6 Å². The average molecular weight is 557 g/mol. The molecule has 10 heteroatoms. The standard InChI is InChI=1S/C14H18N2O3.C12H14FNO2.C3H4.CH5N/c17-10-16-13(18)9-11-1-3-12(4-2-11)14(19)5-7-15-8-6-14;1-3-14-7-6-8-4-5-9(16-2)11(13)10(8)12(14)15;1-3-2;1-2/h1-4,10,15,19H,5-9H2,(H,16,17,18);4-5H,3,6-7H2,1-2H3;1H,2H3;2H2,1H3. The number of terminal acetylenes is 1. The molecule has 0 unspecified atom stereocenters. The van der Waals surface area contributed by atoms with E-state index in [0.29, 0.717) is 38.8 Å². The summed E-state index contributed by atoms with van der Waals surface area (Å²) < 4.78 is 18.8. The maximum atomic E-state index is 13.9. The fourth-order valence-corrected chi connectivity index (χ4v) is 4.37. The van der Waals surface area contributed by atoms with Crippen LogP contribution in [0.4, 0.5) is 4.39 Å². The van der Waals surface area contributed by atoms with E-state index in [1.54, 1.807) is 24.0 Å². The Morgan fingerprint density at radius 1 is 1.25 bits per heavy atom. The number of aliphatic hydroxyl groups is 1. The minimum atomic E-state index is -0.769. The van der Waals surface area contributed by atoms with E-state index in [4.69, 9.17) is 4.74 Å². The van der Waals surface area contributed by atoms with Crippen LogP contribution in [0.3, 0.4) is 0 Å². The van der Waals surface area contributed by atoms with Crippen molar-refractivity contribution in [3.05, 3.63) is 64.5 Å². The number of ether oxygens (including phenoxy) is 1. The van der Waals surface area contributed by atoms with Crippen LogP contribution in [0.15, 0.2) is 36.4 Å². The molecule has 5 N–H and O–H groups in total. The highest BCUT2D eigenvalue weighted by molar-refractivity contribution is 5.97. The number of amides is 3. The molecule has 1 fully saturated rings. The third-order valence-corrected chi connectivity index (χ3v) is 6.45. The summed E-state index contributed by atoms with van der Waals surface area (Å²) in [5.41, 5.74) is 6.38. The fourth-order valence-electron chi connectivity index (χ4n) is 4.37. The number of carbonyl (C=O) groups excluding carboxylic acids is 3. The Kier molecular flexibility index (Phi) is 15.2. The fraction of sp³-hybridized carbons (Fsp3) is 0.433. The molecule has 9 nitrogen and oxygen atoms in total. The first-order valence-corrected chi connectivity index (χ1v) is 13.1. The van der Waals surface area contributed by atoms with Crippen molar-refractivity contribution in [3.63, 3.8) is 0 Å². The zero-order chi connectivity index (χ0) is 30.1.